The molecule has 8 nitrogen and oxygen atoms in total. The number of carbonyl (C=O) groups is 1. The van der Waals surface area contributed by atoms with E-state index in [1.54, 1.807) is 11.8 Å². The molecule has 1 atom stereocenters. The van der Waals surface area contributed by atoms with Gasteiger partial charge in [0.2, 0.25) is 5.91 Å². The van der Waals surface area contributed by atoms with Gasteiger partial charge >= 0.3 is 0 Å². The minimum Gasteiger partial charge on any atom is -0.376 e. The number of rotatable bonds is 7. The smallest absolute Gasteiger partial charge is 0.223 e. The molecule has 0 spiro atoms. The Morgan fingerprint density at radius 1 is 1.39 bits per heavy atom. The lowest BCUT2D eigenvalue weighted by Crippen LogP contribution is -2.16. The molecule has 31 heavy (non-hydrogen) atoms. The van der Waals surface area contributed by atoms with Crippen LogP contribution in [0.1, 0.15) is 25.5 Å². The molecule has 1 saturated heterocycles. The van der Waals surface area contributed by atoms with Gasteiger partial charge in [-0.05, 0) is 18.9 Å². The van der Waals surface area contributed by atoms with E-state index in [0.717, 1.165) is 59.1 Å². The number of H-pyrrole nitrogens is 1. The van der Waals surface area contributed by atoms with E-state index >= 15 is 0 Å². The second-order valence-electron chi connectivity index (χ2n) is 7.41. The molecule has 4 aromatic rings. The second-order valence-corrected chi connectivity index (χ2v) is 9.21. The molecule has 5 rings (SSSR count). The summed E-state index contributed by atoms with van der Waals surface area (Å²) < 4.78 is 8.06. The van der Waals surface area contributed by atoms with Crippen LogP contribution in [-0.2, 0) is 21.8 Å². The highest BCUT2D eigenvalue weighted by Gasteiger charge is 2.23. The molecule has 0 saturated carbocycles. The average Bonchev–Trinajstić information content (AvgIpc) is 3.54. The third-order valence-corrected chi connectivity index (χ3v) is 6.95. The SMILES string of the molecule is CC(=O)Nc1nc(CSc2nnc(-c3c[nH]c4ccccc34)n2CC2CCCO2)cs1. The van der Waals surface area contributed by atoms with Gasteiger partial charge in [-0.1, -0.05) is 30.0 Å². The minimum atomic E-state index is -0.117. The lowest BCUT2D eigenvalue weighted by Gasteiger charge is -2.14. The maximum atomic E-state index is 11.2. The van der Waals surface area contributed by atoms with Crippen LogP contribution in [0.2, 0.25) is 0 Å². The normalized spacial score (nSPS) is 16.2. The second kappa shape index (κ2) is 8.81. The minimum absolute atomic E-state index is 0.117. The largest absolute Gasteiger partial charge is 0.376 e. The Bertz CT molecular complexity index is 1210. The number of ether oxygens (including phenoxy) is 1. The predicted octanol–water partition coefficient (Wildman–Crippen LogP) is 4.31. The lowest BCUT2D eigenvalue weighted by molar-refractivity contribution is -0.114. The monoisotopic (exact) mass is 454 g/mol. The molecule has 1 aliphatic rings. The molecule has 1 unspecified atom stereocenters. The van der Waals surface area contributed by atoms with Crippen molar-refractivity contribution in [2.45, 2.75) is 43.3 Å². The molecule has 0 radical (unpaired) electrons. The van der Waals surface area contributed by atoms with Gasteiger partial charge in [-0.3, -0.25) is 9.36 Å². The molecule has 1 aliphatic heterocycles. The third-order valence-electron chi connectivity index (χ3n) is 5.14. The number of aromatic amines is 1. The van der Waals surface area contributed by atoms with Crippen LogP contribution in [0.4, 0.5) is 5.13 Å². The zero-order valence-electron chi connectivity index (χ0n) is 17.0. The van der Waals surface area contributed by atoms with Crippen LogP contribution in [0.25, 0.3) is 22.3 Å². The first kappa shape index (κ1) is 20.2. The number of fused-ring (bicyclic) bond motifs is 1. The summed E-state index contributed by atoms with van der Waals surface area (Å²) in [6.07, 6.45) is 4.30. The maximum absolute atomic E-state index is 11.2. The van der Waals surface area contributed by atoms with Crippen molar-refractivity contribution in [3.05, 3.63) is 41.5 Å². The summed E-state index contributed by atoms with van der Waals surface area (Å²) in [5.41, 5.74) is 3.01. The van der Waals surface area contributed by atoms with Gasteiger partial charge in [0.1, 0.15) is 0 Å². The number of nitrogens with one attached hydrogen (secondary N) is 2. The molecule has 3 aromatic heterocycles. The van der Waals surface area contributed by atoms with Gasteiger partial charge in [-0.25, -0.2) is 4.98 Å². The molecule has 1 fully saturated rings. The van der Waals surface area contributed by atoms with Gasteiger partial charge in [0.05, 0.1) is 18.3 Å². The Morgan fingerprint density at radius 3 is 3.13 bits per heavy atom. The van der Waals surface area contributed by atoms with Crippen LogP contribution in [0.5, 0.6) is 0 Å². The topological polar surface area (TPSA) is 97.7 Å². The van der Waals surface area contributed by atoms with Crippen molar-refractivity contribution in [2.75, 3.05) is 11.9 Å². The molecule has 1 aromatic carbocycles. The number of anilines is 1. The highest BCUT2D eigenvalue weighted by atomic mass is 32.2. The van der Waals surface area contributed by atoms with Crippen LogP contribution in [-0.4, -0.2) is 43.4 Å². The number of para-hydroxylation sites is 1. The molecule has 4 heterocycles. The van der Waals surface area contributed by atoms with Crippen molar-refractivity contribution >= 4 is 45.0 Å². The summed E-state index contributed by atoms with van der Waals surface area (Å²) >= 11 is 3.02. The van der Waals surface area contributed by atoms with Gasteiger partial charge in [-0.15, -0.1) is 21.5 Å². The van der Waals surface area contributed by atoms with Crippen LogP contribution >= 0.6 is 23.1 Å². The number of hydrogen-bond donors (Lipinski definition) is 2. The summed E-state index contributed by atoms with van der Waals surface area (Å²) in [7, 11) is 0. The van der Waals surface area contributed by atoms with Crippen molar-refractivity contribution in [1.29, 1.82) is 0 Å². The molecule has 2 N–H and O–H groups in total. The zero-order chi connectivity index (χ0) is 21.2. The van der Waals surface area contributed by atoms with E-state index in [4.69, 9.17) is 4.74 Å². The Kier molecular flexibility index (Phi) is 5.75. The maximum Gasteiger partial charge on any atom is 0.223 e. The van der Waals surface area contributed by atoms with Crippen LogP contribution in [0.3, 0.4) is 0 Å². The number of nitrogens with zero attached hydrogens (tertiary/aromatic N) is 4. The van der Waals surface area contributed by atoms with Crippen molar-refractivity contribution in [2.24, 2.45) is 0 Å². The Morgan fingerprint density at radius 2 is 2.29 bits per heavy atom. The van der Waals surface area contributed by atoms with E-state index in [-0.39, 0.29) is 12.0 Å². The van der Waals surface area contributed by atoms with E-state index in [1.807, 2.05) is 23.7 Å². The fraction of sp³-hybridized carbons (Fsp3) is 0.333. The first-order valence-corrected chi connectivity index (χ1v) is 12.0. The fourth-order valence-electron chi connectivity index (χ4n) is 3.73. The average molecular weight is 455 g/mol. The first-order chi connectivity index (χ1) is 15.2. The van der Waals surface area contributed by atoms with Crippen LogP contribution in [0.15, 0.2) is 41.0 Å². The van der Waals surface area contributed by atoms with Gasteiger partial charge in [0, 0.05) is 47.3 Å². The number of aromatic nitrogens is 5. The molecule has 10 heteroatoms. The highest BCUT2D eigenvalue weighted by molar-refractivity contribution is 7.98. The molecule has 0 aliphatic carbocycles. The van der Waals surface area contributed by atoms with Crippen molar-refractivity contribution in [3.63, 3.8) is 0 Å². The molecule has 1 amide bonds. The molecular weight excluding hydrogens is 432 g/mol. The number of benzene rings is 1. The Hall–Kier alpha value is -2.69. The molecular formula is C21H22N6O2S2. The van der Waals surface area contributed by atoms with Crippen molar-refractivity contribution in [3.8, 4) is 11.4 Å². The van der Waals surface area contributed by atoms with Gasteiger partial charge < -0.3 is 15.0 Å². The van der Waals surface area contributed by atoms with Gasteiger partial charge in [0.25, 0.3) is 0 Å². The predicted molar refractivity (Wildman–Crippen MR) is 122 cm³/mol. The lowest BCUT2D eigenvalue weighted by atomic mass is 10.1. The molecule has 0 bridgehead atoms. The van der Waals surface area contributed by atoms with Crippen molar-refractivity contribution < 1.29 is 9.53 Å². The Labute approximate surface area is 187 Å². The van der Waals surface area contributed by atoms with E-state index in [1.165, 1.54) is 18.3 Å². The van der Waals surface area contributed by atoms with Crippen molar-refractivity contribution in [1.82, 2.24) is 24.7 Å². The van der Waals surface area contributed by atoms with Crippen LogP contribution in [0, 0.1) is 0 Å². The summed E-state index contributed by atoms with van der Waals surface area (Å²) in [6, 6.07) is 8.21. The number of thioether (sulfide) groups is 1. The van der Waals surface area contributed by atoms with Gasteiger partial charge in [0.15, 0.2) is 16.1 Å². The van der Waals surface area contributed by atoms with Gasteiger partial charge in [-0.2, -0.15) is 0 Å². The summed E-state index contributed by atoms with van der Waals surface area (Å²) in [4.78, 5) is 19.0. The number of amides is 1. The summed E-state index contributed by atoms with van der Waals surface area (Å²) in [6.45, 7) is 3.01. The number of carbonyl (C=O) groups excluding carboxylic acids is 1. The standard InChI is InChI=1S/C21H22N6O2S2/c1-13(28)23-20-24-14(11-30-20)12-31-21-26-25-19(27(21)10-15-5-4-8-29-15)17-9-22-18-7-3-2-6-16(17)18/h2-3,6-7,9,11,15,22H,4-5,8,10,12H2,1H3,(H,23,24,28). The number of thiazole rings is 1. The third kappa shape index (κ3) is 4.36. The van der Waals surface area contributed by atoms with E-state index in [9.17, 15) is 4.79 Å². The van der Waals surface area contributed by atoms with E-state index < -0.39 is 0 Å². The summed E-state index contributed by atoms with van der Waals surface area (Å²) in [5.74, 6) is 1.37. The fourth-order valence-corrected chi connectivity index (χ4v) is 5.43. The van der Waals surface area contributed by atoms with E-state index in [0.29, 0.717) is 10.9 Å². The highest BCUT2D eigenvalue weighted by Crippen LogP contribution is 2.32. The first-order valence-electron chi connectivity index (χ1n) is 10.1. The Balaban J connectivity index is 1.43. The van der Waals surface area contributed by atoms with E-state index in [2.05, 4.69) is 42.2 Å². The van der Waals surface area contributed by atoms with Crippen LogP contribution < -0.4 is 5.32 Å². The molecule has 160 valence electrons. The quantitative estimate of drug-likeness (QED) is 0.404. The summed E-state index contributed by atoms with van der Waals surface area (Å²) in [5, 5.41) is 16.3. The number of hydrogen-bond acceptors (Lipinski definition) is 7. The zero-order valence-corrected chi connectivity index (χ0v) is 18.6.